The van der Waals surface area contributed by atoms with Gasteiger partial charge in [0.15, 0.2) is 5.69 Å². The lowest BCUT2D eigenvalue weighted by atomic mass is 10.0. The summed E-state index contributed by atoms with van der Waals surface area (Å²) >= 11 is 0. The molecule has 2 aromatic rings. The maximum atomic E-state index is 14.0. The van der Waals surface area contributed by atoms with E-state index in [0.29, 0.717) is 5.56 Å². The van der Waals surface area contributed by atoms with Crippen molar-refractivity contribution in [2.45, 2.75) is 18.7 Å². The zero-order valence-electron chi connectivity index (χ0n) is 15.8. The van der Waals surface area contributed by atoms with Crippen molar-refractivity contribution in [1.82, 2.24) is 14.1 Å². The van der Waals surface area contributed by atoms with Crippen LogP contribution in [0.25, 0.3) is 0 Å². The molecule has 0 aliphatic heterocycles. The van der Waals surface area contributed by atoms with Gasteiger partial charge in [-0.3, -0.25) is 4.68 Å². The molecule has 0 spiro atoms. The van der Waals surface area contributed by atoms with E-state index in [1.807, 2.05) is 0 Å². The molecule has 1 aromatic carbocycles. The highest BCUT2D eigenvalue weighted by Crippen LogP contribution is 2.36. The van der Waals surface area contributed by atoms with Crippen LogP contribution in [0.5, 0.6) is 0 Å². The first-order valence-corrected chi connectivity index (χ1v) is 9.93. The normalized spacial score (nSPS) is 13.7. The molecule has 1 aromatic heterocycles. The number of benzene rings is 1. The fraction of sp³-hybridized carbons (Fsp3) is 0.333. The van der Waals surface area contributed by atoms with Crippen molar-refractivity contribution >= 4 is 16.0 Å². The van der Waals surface area contributed by atoms with Gasteiger partial charge in [-0.15, -0.1) is 0 Å². The number of carboxylic acids is 1. The van der Waals surface area contributed by atoms with Crippen LogP contribution < -0.4 is 5.73 Å². The fourth-order valence-electron chi connectivity index (χ4n) is 2.91. The molecule has 0 saturated heterocycles. The Bertz CT molecular complexity index is 985. The number of carboxylic acid groups (broad SMARTS) is 1. The van der Waals surface area contributed by atoms with Gasteiger partial charge in [-0.2, -0.15) is 5.10 Å². The molecule has 0 aliphatic rings. The minimum atomic E-state index is -3.96. The van der Waals surface area contributed by atoms with Crippen LogP contribution in [0, 0.1) is 6.92 Å². The number of nitrogens with two attached hydrogens (primary N) is 1. The molecule has 1 heterocycles. The Morgan fingerprint density at radius 3 is 2.46 bits per heavy atom. The van der Waals surface area contributed by atoms with E-state index >= 15 is 0 Å². The second kappa shape index (κ2) is 8.63. The summed E-state index contributed by atoms with van der Waals surface area (Å²) in [5.74, 6) is -2.06. The quantitative estimate of drug-likeness (QED) is 0.684. The number of aromatic carboxylic acids is 1. The zero-order valence-corrected chi connectivity index (χ0v) is 16.6. The summed E-state index contributed by atoms with van der Waals surface area (Å²) in [6.45, 7) is 0.996. The molecule has 152 valence electrons. The highest BCUT2D eigenvalue weighted by Gasteiger charge is 2.38. The SMILES string of the molecule is Cc1nn(CC(F)=CCN)c(C(=O)O)c1C(c1ccccc1)S(=O)(=O)N(C)C. The van der Waals surface area contributed by atoms with Crippen LogP contribution in [0.4, 0.5) is 4.39 Å². The Morgan fingerprint density at radius 2 is 1.96 bits per heavy atom. The maximum Gasteiger partial charge on any atom is 0.354 e. The molecule has 10 heteroatoms. The second-order valence-corrected chi connectivity index (χ2v) is 8.55. The number of halogens is 1. The fourth-order valence-corrected chi connectivity index (χ4v) is 4.41. The summed E-state index contributed by atoms with van der Waals surface area (Å²) in [6.07, 6.45) is 1.10. The van der Waals surface area contributed by atoms with E-state index in [-0.39, 0.29) is 23.5 Å². The van der Waals surface area contributed by atoms with Crippen molar-refractivity contribution in [3.63, 3.8) is 0 Å². The van der Waals surface area contributed by atoms with Crippen LogP contribution in [-0.4, -0.2) is 54.2 Å². The lowest BCUT2D eigenvalue weighted by Crippen LogP contribution is -2.30. The smallest absolute Gasteiger partial charge is 0.354 e. The standard InChI is InChI=1S/C18H23FN4O4S/c1-12-15(16(18(24)25)23(21-12)11-14(19)9-10-20)17(28(26,27)22(2)3)13-7-5-4-6-8-13/h4-9,17H,10-11,20H2,1-3H3,(H,24,25). The van der Waals surface area contributed by atoms with E-state index in [2.05, 4.69) is 5.10 Å². The van der Waals surface area contributed by atoms with E-state index in [0.717, 1.165) is 15.1 Å². The zero-order chi connectivity index (χ0) is 21.1. The molecule has 0 fully saturated rings. The summed E-state index contributed by atoms with van der Waals surface area (Å²) in [5.41, 5.74) is 5.49. The molecule has 1 atom stereocenters. The van der Waals surface area contributed by atoms with Gasteiger partial charge < -0.3 is 10.8 Å². The monoisotopic (exact) mass is 410 g/mol. The number of allylic oxidation sites excluding steroid dienone is 1. The maximum absolute atomic E-state index is 14.0. The summed E-state index contributed by atoms with van der Waals surface area (Å²) in [4.78, 5) is 12.0. The first-order valence-electron chi connectivity index (χ1n) is 8.42. The van der Waals surface area contributed by atoms with Crippen LogP contribution in [0.3, 0.4) is 0 Å². The third kappa shape index (κ3) is 4.29. The molecule has 0 bridgehead atoms. The lowest BCUT2D eigenvalue weighted by Gasteiger charge is -2.23. The summed E-state index contributed by atoms with van der Waals surface area (Å²) in [7, 11) is -1.22. The molecule has 2 rings (SSSR count). The Balaban J connectivity index is 2.79. The summed E-state index contributed by atoms with van der Waals surface area (Å²) in [5, 5.41) is 12.6. The largest absolute Gasteiger partial charge is 0.477 e. The van der Waals surface area contributed by atoms with E-state index in [1.165, 1.54) is 21.0 Å². The molecule has 0 radical (unpaired) electrons. The van der Waals surface area contributed by atoms with Gasteiger partial charge in [-0.1, -0.05) is 30.3 Å². The van der Waals surface area contributed by atoms with Gasteiger partial charge in [-0.05, 0) is 18.6 Å². The van der Waals surface area contributed by atoms with Crippen LogP contribution in [0.15, 0.2) is 42.2 Å². The number of aryl methyl sites for hydroxylation is 1. The molecule has 8 nitrogen and oxygen atoms in total. The van der Waals surface area contributed by atoms with Gasteiger partial charge in [0.1, 0.15) is 11.1 Å². The highest BCUT2D eigenvalue weighted by molar-refractivity contribution is 7.89. The van der Waals surface area contributed by atoms with Crippen molar-refractivity contribution in [3.8, 4) is 0 Å². The third-order valence-electron chi connectivity index (χ3n) is 4.19. The van der Waals surface area contributed by atoms with E-state index in [9.17, 15) is 22.7 Å². The van der Waals surface area contributed by atoms with Crippen LogP contribution >= 0.6 is 0 Å². The molecule has 1 unspecified atom stereocenters. The van der Waals surface area contributed by atoms with Crippen molar-refractivity contribution in [3.05, 3.63) is 64.7 Å². The summed E-state index contributed by atoms with van der Waals surface area (Å²) < 4.78 is 42.1. The predicted octanol–water partition coefficient (Wildman–Crippen LogP) is 1.68. The van der Waals surface area contributed by atoms with E-state index in [1.54, 1.807) is 30.3 Å². The number of carbonyl (C=O) groups is 1. The van der Waals surface area contributed by atoms with Gasteiger partial charge in [0.05, 0.1) is 12.2 Å². The number of sulfonamides is 1. The number of hydrogen-bond acceptors (Lipinski definition) is 5. The topological polar surface area (TPSA) is 119 Å². The average molecular weight is 410 g/mol. The van der Waals surface area contributed by atoms with Gasteiger partial charge >= 0.3 is 5.97 Å². The molecule has 28 heavy (non-hydrogen) atoms. The first kappa shape index (κ1) is 21.7. The van der Waals surface area contributed by atoms with Crippen molar-refractivity contribution in [1.29, 1.82) is 0 Å². The van der Waals surface area contributed by atoms with E-state index in [4.69, 9.17) is 5.73 Å². The number of nitrogens with zero attached hydrogens (tertiary/aromatic N) is 3. The van der Waals surface area contributed by atoms with Crippen LogP contribution in [0.1, 0.15) is 32.6 Å². The Labute approximate surface area is 163 Å². The molecule has 0 saturated carbocycles. The average Bonchev–Trinajstić information content (AvgIpc) is 2.91. The number of aromatic nitrogens is 2. The number of hydrogen-bond donors (Lipinski definition) is 2. The minimum Gasteiger partial charge on any atom is -0.477 e. The lowest BCUT2D eigenvalue weighted by molar-refractivity contribution is 0.0682. The van der Waals surface area contributed by atoms with Crippen molar-refractivity contribution in [2.24, 2.45) is 5.73 Å². The number of rotatable bonds is 8. The van der Waals surface area contributed by atoms with Crippen molar-refractivity contribution < 1.29 is 22.7 Å². The van der Waals surface area contributed by atoms with Crippen LogP contribution in [-0.2, 0) is 16.6 Å². The molecule has 3 N–H and O–H groups in total. The van der Waals surface area contributed by atoms with Crippen molar-refractivity contribution in [2.75, 3.05) is 20.6 Å². The highest BCUT2D eigenvalue weighted by atomic mass is 32.2. The van der Waals surface area contributed by atoms with Crippen LogP contribution in [0.2, 0.25) is 0 Å². The van der Waals surface area contributed by atoms with E-state index < -0.39 is 33.6 Å². The third-order valence-corrected chi connectivity index (χ3v) is 6.31. The van der Waals surface area contributed by atoms with Gasteiger partial charge in [0.25, 0.3) is 0 Å². The van der Waals surface area contributed by atoms with Gasteiger partial charge in [-0.25, -0.2) is 21.9 Å². The Kier molecular flexibility index (Phi) is 6.70. The molecule has 0 amide bonds. The first-order chi connectivity index (χ1) is 13.1. The summed E-state index contributed by atoms with van der Waals surface area (Å²) in [6, 6.07) is 8.25. The van der Waals surface area contributed by atoms with Gasteiger partial charge in [0.2, 0.25) is 10.0 Å². The molecular weight excluding hydrogens is 387 g/mol. The van der Waals surface area contributed by atoms with Gasteiger partial charge in [0, 0.05) is 26.2 Å². The Morgan fingerprint density at radius 1 is 1.36 bits per heavy atom. The minimum absolute atomic E-state index is 0.00736. The Hall–Kier alpha value is -2.56. The predicted molar refractivity (Wildman–Crippen MR) is 103 cm³/mol. The second-order valence-electron chi connectivity index (χ2n) is 6.32. The molecule has 0 aliphatic carbocycles. The molecular formula is C18H23FN4O4S.